The van der Waals surface area contributed by atoms with E-state index in [0.717, 1.165) is 22.6 Å². The van der Waals surface area contributed by atoms with Gasteiger partial charge < -0.3 is 20.9 Å². The zero-order valence-corrected chi connectivity index (χ0v) is 11.1. The van der Waals surface area contributed by atoms with Gasteiger partial charge in [0.05, 0.1) is 0 Å². The number of nitrogens with two attached hydrogens (primary N) is 2. The topological polar surface area (TPSA) is 70.5 Å². The molecule has 0 aromatic heterocycles. The Kier molecular flexibility index (Phi) is 3.71. The summed E-state index contributed by atoms with van der Waals surface area (Å²) in [5, 5.41) is 0. The molecule has 0 spiro atoms. The third-order valence-electron chi connectivity index (χ3n) is 3.07. The number of ether oxygens (including phenoxy) is 2. The molecule has 2 aromatic rings. The molecule has 100 valence electrons. The third kappa shape index (κ3) is 2.53. The summed E-state index contributed by atoms with van der Waals surface area (Å²) in [6, 6.07) is 11.5. The summed E-state index contributed by atoms with van der Waals surface area (Å²) in [5.41, 5.74) is 15.4. The number of hydrogen-bond acceptors (Lipinski definition) is 4. The summed E-state index contributed by atoms with van der Waals surface area (Å²) in [7, 11) is 0. The van der Waals surface area contributed by atoms with E-state index in [4.69, 9.17) is 20.9 Å². The van der Waals surface area contributed by atoms with E-state index in [1.54, 1.807) is 0 Å². The molecule has 0 saturated carbocycles. The van der Waals surface area contributed by atoms with E-state index < -0.39 is 0 Å². The van der Waals surface area contributed by atoms with Crippen LogP contribution < -0.4 is 20.9 Å². The Labute approximate surface area is 117 Å². The lowest BCUT2D eigenvalue weighted by molar-refractivity contribution is 0.174. The van der Waals surface area contributed by atoms with Gasteiger partial charge in [-0.15, -0.1) is 12.4 Å². The molecule has 1 aliphatic heterocycles. The summed E-state index contributed by atoms with van der Waals surface area (Å²) < 4.78 is 10.6. The lowest BCUT2D eigenvalue weighted by atomic mass is 10.0. The van der Waals surface area contributed by atoms with Crippen molar-refractivity contribution in [3.05, 3.63) is 47.5 Å². The lowest BCUT2D eigenvalue weighted by Crippen LogP contribution is -2.00. The molecule has 2 aromatic carbocycles. The molecule has 0 aliphatic carbocycles. The molecular formula is C14H15ClN2O2. The highest BCUT2D eigenvalue weighted by molar-refractivity contribution is 5.85. The first-order chi connectivity index (χ1) is 8.74. The van der Waals surface area contributed by atoms with Crippen LogP contribution in [0.5, 0.6) is 11.5 Å². The molecule has 0 amide bonds. The van der Waals surface area contributed by atoms with E-state index in [0.29, 0.717) is 17.8 Å². The summed E-state index contributed by atoms with van der Waals surface area (Å²) in [6.07, 6.45) is 0.690. The van der Waals surface area contributed by atoms with Gasteiger partial charge in [0.25, 0.3) is 0 Å². The molecular weight excluding hydrogens is 264 g/mol. The van der Waals surface area contributed by atoms with Crippen molar-refractivity contribution in [3.63, 3.8) is 0 Å². The van der Waals surface area contributed by atoms with Crippen molar-refractivity contribution < 1.29 is 9.47 Å². The first kappa shape index (κ1) is 13.4. The highest BCUT2D eigenvalue weighted by Crippen LogP contribution is 2.34. The highest BCUT2D eigenvalue weighted by atomic mass is 35.5. The molecule has 0 radical (unpaired) electrons. The Morgan fingerprint density at radius 3 is 2.37 bits per heavy atom. The normalized spacial score (nSPS) is 12.0. The maximum Gasteiger partial charge on any atom is 0.231 e. The van der Waals surface area contributed by atoms with E-state index >= 15 is 0 Å². The molecule has 5 heteroatoms. The second-order valence-electron chi connectivity index (χ2n) is 4.28. The van der Waals surface area contributed by atoms with E-state index in [-0.39, 0.29) is 19.2 Å². The molecule has 0 saturated heterocycles. The first-order valence-corrected chi connectivity index (χ1v) is 5.75. The Bertz CT molecular complexity index is 582. The highest BCUT2D eigenvalue weighted by Gasteiger charge is 2.14. The van der Waals surface area contributed by atoms with Gasteiger partial charge >= 0.3 is 0 Å². The van der Waals surface area contributed by atoms with Gasteiger partial charge in [0.1, 0.15) is 0 Å². The minimum atomic E-state index is 0. The predicted molar refractivity (Wildman–Crippen MR) is 77.9 cm³/mol. The molecule has 0 fully saturated rings. The molecule has 0 atom stereocenters. The van der Waals surface area contributed by atoms with E-state index in [2.05, 4.69) is 0 Å². The number of rotatable bonds is 2. The van der Waals surface area contributed by atoms with Crippen LogP contribution in [0.25, 0.3) is 0 Å². The zero-order valence-electron chi connectivity index (χ0n) is 10.3. The molecule has 4 N–H and O–H groups in total. The largest absolute Gasteiger partial charge is 0.454 e. The fraction of sp³-hybridized carbons (Fsp3) is 0.143. The van der Waals surface area contributed by atoms with Gasteiger partial charge in [0.2, 0.25) is 6.79 Å². The number of nitrogen functional groups attached to an aromatic ring is 2. The summed E-state index contributed by atoms with van der Waals surface area (Å²) in [6.45, 7) is 0.286. The molecule has 1 heterocycles. The Morgan fingerprint density at radius 1 is 0.947 bits per heavy atom. The van der Waals surface area contributed by atoms with Crippen LogP contribution in [-0.2, 0) is 6.42 Å². The first-order valence-electron chi connectivity index (χ1n) is 5.75. The van der Waals surface area contributed by atoms with Crippen LogP contribution in [0.1, 0.15) is 11.1 Å². The Morgan fingerprint density at radius 2 is 1.63 bits per heavy atom. The van der Waals surface area contributed by atoms with Crippen molar-refractivity contribution in [3.8, 4) is 11.5 Å². The molecule has 1 aliphatic rings. The van der Waals surface area contributed by atoms with Crippen molar-refractivity contribution in [1.29, 1.82) is 0 Å². The lowest BCUT2D eigenvalue weighted by Gasteiger charge is -2.09. The van der Waals surface area contributed by atoms with Crippen molar-refractivity contribution >= 4 is 23.8 Å². The van der Waals surface area contributed by atoms with Crippen LogP contribution in [0.2, 0.25) is 0 Å². The number of benzene rings is 2. The smallest absolute Gasteiger partial charge is 0.231 e. The summed E-state index contributed by atoms with van der Waals surface area (Å²) in [4.78, 5) is 0. The van der Waals surface area contributed by atoms with Gasteiger partial charge in [0.15, 0.2) is 11.5 Å². The summed E-state index contributed by atoms with van der Waals surface area (Å²) >= 11 is 0. The van der Waals surface area contributed by atoms with Gasteiger partial charge in [-0.3, -0.25) is 0 Å². The Hall–Kier alpha value is -2.07. The van der Waals surface area contributed by atoms with Crippen LogP contribution in [0.4, 0.5) is 11.4 Å². The molecule has 0 unspecified atom stereocenters. The van der Waals surface area contributed by atoms with Gasteiger partial charge in [-0.2, -0.15) is 0 Å². The van der Waals surface area contributed by atoms with Gasteiger partial charge in [-0.1, -0.05) is 12.1 Å². The number of halogens is 1. The fourth-order valence-corrected chi connectivity index (χ4v) is 2.08. The third-order valence-corrected chi connectivity index (χ3v) is 3.07. The van der Waals surface area contributed by atoms with Crippen molar-refractivity contribution in [1.82, 2.24) is 0 Å². The van der Waals surface area contributed by atoms with Crippen molar-refractivity contribution in [2.45, 2.75) is 6.42 Å². The second-order valence-corrected chi connectivity index (χ2v) is 4.28. The quantitative estimate of drug-likeness (QED) is 0.829. The fourth-order valence-electron chi connectivity index (χ4n) is 2.08. The van der Waals surface area contributed by atoms with E-state index in [1.165, 1.54) is 0 Å². The predicted octanol–water partition coefficient (Wildman–Crippen LogP) is 2.59. The number of hydrogen-bond donors (Lipinski definition) is 2. The molecule has 3 rings (SSSR count). The van der Waals surface area contributed by atoms with Crippen LogP contribution in [0.3, 0.4) is 0 Å². The molecule has 19 heavy (non-hydrogen) atoms. The van der Waals surface area contributed by atoms with Crippen molar-refractivity contribution in [2.75, 3.05) is 18.3 Å². The summed E-state index contributed by atoms with van der Waals surface area (Å²) in [5.74, 6) is 1.56. The van der Waals surface area contributed by atoms with Crippen LogP contribution in [0, 0.1) is 0 Å². The van der Waals surface area contributed by atoms with Gasteiger partial charge in [0, 0.05) is 23.4 Å². The molecule has 0 bridgehead atoms. The number of fused-ring (bicyclic) bond motifs is 1. The standard InChI is InChI=1S/C14H14N2O2.ClH/c15-11-2-1-3-12(16)10(11)6-9-4-5-13-14(7-9)18-8-17-13;/h1-5,7H,6,8,15-16H2;1H. The van der Waals surface area contributed by atoms with E-state index in [9.17, 15) is 0 Å². The van der Waals surface area contributed by atoms with Crippen LogP contribution >= 0.6 is 12.4 Å². The Balaban J connectivity index is 0.00000133. The van der Waals surface area contributed by atoms with E-state index in [1.807, 2.05) is 36.4 Å². The molecule has 4 nitrogen and oxygen atoms in total. The minimum absolute atomic E-state index is 0. The minimum Gasteiger partial charge on any atom is -0.454 e. The SMILES string of the molecule is Cl.Nc1cccc(N)c1Cc1ccc2c(c1)OCO2. The number of anilines is 2. The van der Waals surface area contributed by atoms with Crippen LogP contribution in [0.15, 0.2) is 36.4 Å². The van der Waals surface area contributed by atoms with Crippen molar-refractivity contribution in [2.24, 2.45) is 0 Å². The average molecular weight is 279 g/mol. The second kappa shape index (κ2) is 5.28. The maximum absolute atomic E-state index is 5.95. The average Bonchev–Trinajstić information content (AvgIpc) is 2.81. The zero-order chi connectivity index (χ0) is 12.5. The monoisotopic (exact) mass is 278 g/mol. The maximum atomic E-state index is 5.95. The van der Waals surface area contributed by atoms with Crippen LogP contribution in [-0.4, -0.2) is 6.79 Å². The van der Waals surface area contributed by atoms with Gasteiger partial charge in [-0.25, -0.2) is 0 Å². The van der Waals surface area contributed by atoms with Gasteiger partial charge in [-0.05, 0) is 29.8 Å².